The molecular formula is C26H31N3. The molecule has 0 aromatic heterocycles. The molecule has 1 fully saturated rings. The molecular weight excluding hydrogens is 354 g/mol. The maximum atomic E-state index is 5.94. The SMILES string of the molecule is CC(C)(C)c1ccc(N2[C@@H](c3ccc(N)cc3)CC[C@@H]2c2ccc(N)cc2)cc1. The van der Waals surface area contributed by atoms with Crippen LogP contribution < -0.4 is 16.4 Å². The number of nitrogen functional groups attached to an aromatic ring is 2. The molecule has 1 saturated heterocycles. The fourth-order valence-corrected chi connectivity index (χ4v) is 4.40. The van der Waals surface area contributed by atoms with Crippen LogP contribution in [-0.4, -0.2) is 0 Å². The summed E-state index contributed by atoms with van der Waals surface area (Å²) in [6, 6.07) is 26.5. The van der Waals surface area contributed by atoms with Crippen molar-refractivity contribution in [3.05, 3.63) is 89.5 Å². The summed E-state index contributed by atoms with van der Waals surface area (Å²) in [5.74, 6) is 0. The average Bonchev–Trinajstić information content (AvgIpc) is 3.13. The van der Waals surface area contributed by atoms with Gasteiger partial charge < -0.3 is 16.4 Å². The molecule has 3 aromatic carbocycles. The number of nitrogens with two attached hydrogens (primary N) is 2. The van der Waals surface area contributed by atoms with Gasteiger partial charge in [0, 0.05) is 17.1 Å². The van der Waals surface area contributed by atoms with Crippen LogP contribution in [0.25, 0.3) is 0 Å². The van der Waals surface area contributed by atoms with E-state index in [1.165, 1.54) is 22.4 Å². The molecule has 0 radical (unpaired) electrons. The van der Waals surface area contributed by atoms with Crippen molar-refractivity contribution in [1.82, 2.24) is 0 Å². The van der Waals surface area contributed by atoms with Gasteiger partial charge in [-0.2, -0.15) is 0 Å². The second kappa shape index (κ2) is 7.47. The highest BCUT2D eigenvalue weighted by molar-refractivity contribution is 5.56. The van der Waals surface area contributed by atoms with Crippen molar-refractivity contribution in [1.29, 1.82) is 0 Å². The topological polar surface area (TPSA) is 55.3 Å². The third kappa shape index (κ3) is 3.95. The molecule has 1 aliphatic rings. The van der Waals surface area contributed by atoms with Crippen molar-refractivity contribution in [2.45, 2.75) is 51.1 Å². The zero-order valence-corrected chi connectivity index (χ0v) is 17.6. The van der Waals surface area contributed by atoms with Gasteiger partial charge >= 0.3 is 0 Å². The zero-order valence-electron chi connectivity index (χ0n) is 17.6. The van der Waals surface area contributed by atoms with Crippen LogP contribution in [0.5, 0.6) is 0 Å². The van der Waals surface area contributed by atoms with Gasteiger partial charge in [0.1, 0.15) is 0 Å². The molecule has 0 bridgehead atoms. The van der Waals surface area contributed by atoms with E-state index < -0.39 is 0 Å². The first-order valence-corrected chi connectivity index (χ1v) is 10.4. The summed E-state index contributed by atoms with van der Waals surface area (Å²) in [4.78, 5) is 2.57. The quantitative estimate of drug-likeness (QED) is 0.525. The maximum absolute atomic E-state index is 5.94. The van der Waals surface area contributed by atoms with Crippen molar-refractivity contribution in [3.8, 4) is 0 Å². The van der Waals surface area contributed by atoms with Gasteiger partial charge in [0.05, 0.1) is 12.1 Å². The van der Waals surface area contributed by atoms with Crippen LogP contribution >= 0.6 is 0 Å². The predicted octanol–water partition coefficient (Wildman–Crippen LogP) is 6.23. The smallest absolute Gasteiger partial charge is 0.0549 e. The molecule has 0 unspecified atom stereocenters. The number of hydrogen-bond acceptors (Lipinski definition) is 3. The lowest BCUT2D eigenvalue weighted by Crippen LogP contribution is -2.26. The standard InChI is InChI=1S/C26H31N3/c1-26(2,3)20-8-14-23(15-9-20)29-24(18-4-10-21(27)11-5-18)16-17-25(29)19-6-12-22(28)13-7-19/h4-15,24-25H,16-17,27-28H2,1-3H3/t24-,25-/m1/s1. The normalized spacial score (nSPS) is 19.5. The summed E-state index contributed by atoms with van der Waals surface area (Å²) in [5, 5.41) is 0. The van der Waals surface area contributed by atoms with Gasteiger partial charge in [-0.1, -0.05) is 57.2 Å². The highest BCUT2D eigenvalue weighted by Gasteiger charge is 2.35. The molecule has 4 rings (SSSR count). The second-order valence-electron chi connectivity index (χ2n) is 9.15. The van der Waals surface area contributed by atoms with Crippen molar-refractivity contribution < 1.29 is 0 Å². The van der Waals surface area contributed by atoms with Crippen LogP contribution in [0, 0.1) is 0 Å². The van der Waals surface area contributed by atoms with E-state index in [4.69, 9.17) is 11.5 Å². The van der Waals surface area contributed by atoms with Gasteiger partial charge in [-0.05, 0) is 71.3 Å². The molecule has 1 heterocycles. The molecule has 1 aliphatic heterocycles. The Balaban J connectivity index is 1.74. The lowest BCUT2D eigenvalue weighted by Gasteiger charge is -2.34. The highest BCUT2D eigenvalue weighted by atomic mass is 15.2. The first kappa shape index (κ1) is 19.4. The third-order valence-corrected chi connectivity index (χ3v) is 6.06. The van der Waals surface area contributed by atoms with Gasteiger partial charge in [-0.15, -0.1) is 0 Å². The first-order chi connectivity index (χ1) is 13.8. The van der Waals surface area contributed by atoms with E-state index in [1.807, 2.05) is 24.3 Å². The second-order valence-corrected chi connectivity index (χ2v) is 9.15. The largest absolute Gasteiger partial charge is 0.399 e. The molecule has 4 N–H and O–H groups in total. The number of hydrogen-bond donors (Lipinski definition) is 2. The molecule has 3 heteroatoms. The van der Waals surface area contributed by atoms with Crippen LogP contribution in [0.2, 0.25) is 0 Å². The van der Waals surface area contributed by atoms with E-state index in [9.17, 15) is 0 Å². The lowest BCUT2D eigenvalue weighted by atomic mass is 9.87. The lowest BCUT2D eigenvalue weighted by molar-refractivity contribution is 0.589. The summed E-state index contributed by atoms with van der Waals surface area (Å²) in [5.41, 5.74) is 18.9. The fourth-order valence-electron chi connectivity index (χ4n) is 4.40. The van der Waals surface area contributed by atoms with Crippen molar-refractivity contribution in [2.75, 3.05) is 16.4 Å². The van der Waals surface area contributed by atoms with Crippen LogP contribution in [0.4, 0.5) is 17.1 Å². The zero-order chi connectivity index (χ0) is 20.6. The Bertz CT molecular complexity index is 897. The third-order valence-electron chi connectivity index (χ3n) is 6.06. The molecule has 0 spiro atoms. The van der Waals surface area contributed by atoms with E-state index in [1.54, 1.807) is 0 Å². The summed E-state index contributed by atoms with van der Waals surface area (Å²) in [6.07, 6.45) is 2.22. The van der Waals surface area contributed by atoms with Gasteiger partial charge in [-0.25, -0.2) is 0 Å². The summed E-state index contributed by atoms with van der Waals surface area (Å²) in [6.45, 7) is 6.77. The van der Waals surface area contributed by atoms with Crippen LogP contribution in [0.3, 0.4) is 0 Å². The van der Waals surface area contributed by atoms with Gasteiger partial charge in [0.25, 0.3) is 0 Å². The summed E-state index contributed by atoms with van der Waals surface area (Å²) < 4.78 is 0. The number of rotatable bonds is 3. The van der Waals surface area contributed by atoms with Crippen molar-refractivity contribution in [3.63, 3.8) is 0 Å². The Hall–Kier alpha value is -2.94. The number of benzene rings is 3. The molecule has 0 aliphatic carbocycles. The molecule has 0 saturated carbocycles. The Kier molecular flexibility index (Phi) is 4.99. The van der Waals surface area contributed by atoms with E-state index in [0.717, 1.165) is 24.2 Å². The minimum absolute atomic E-state index is 0.149. The summed E-state index contributed by atoms with van der Waals surface area (Å²) in [7, 11) is 0. The van der Waals surface area contributed by atoms with Crippen molar-refractivity contribution >= 4 is 17.1 Å². The maximum Gasteiger partial charge on any atom is 0.0549 e. The van der Waals surface area contributed by atoms with E-state index >= 15 is 0 Å². The van der Waals surface area contributed by atoms with Crippen LogP contribution in [0.1, 0.15) is 62.4 Å². The van der Waals surface area contributed by atoms with Gasteiger partial charge in [-0.3, -0.25) is 0 Å². The molecule has 29 heavy (non-hydrogen) atoms. The Morgan fingerprint density at radius 3 is 1.45 bits per heavy atom. The molecule has 150 valence electrons. The molecule has 3 aromatic rings. The van der Waals surface area contributed by atoms with Crippen LogP contribution in [-0.2, 0) is 5.41 Å². The molecule has 2 atom stereocenters. The Labute approximate surface area is 174 Å². The van der Waals surface area contributed by atoms with Gasteiger partial charge in [0.15, 0.2) is 0 Å². The Morgan fingerprint density at radius 2 is 1.07 bits per heavy atom. The van der Waals surface area contributed by atoms with Crippen molar-refractivity contribution in [2.24, 2.45) is 0 Å². The summed E-state index contributed by atoms with van der Waals surface area (Å²) >= 11 is 0. The number of nitrogens with zero attached hydrogens (tertiary/aromatic N) is 1. The van der Waals surface area contributed by atoms with E-state index in [2.05, 4.69) is 74.2 Å². The first-order valence-electron chi connectivity index (χ1n) is 10.4. The number of anilines is 3. The Morgan fingerprint density at radius 1 is 0.655 bits per heavy atom. The molecule has 3 nitrogen and oxygen atoms in total. The average molecular weight is 386 g/mol. The highest BCUT2D eigenvalue weighted by Crippen LogP contribution is 2.47. The van der Waals surface area contributed by atoms with E-state index in [-0.39, 0.29) is 5.41 Å². The van der Waals surface area contributed by atoms with E-state index in [0.29, 0.717) is 12.1 Å². The predicted molar refractivity (Wildman–Crippen MR) is 124 cm³/mol. The monoisotopic (exact) mass is 385 g/mol. The molecule has 0 amide bonds. The van der Waals surface area contributed by atoms with Crippen LogP contribution in [0.15, 0.2) is 72.8 Å². The fraction of sp³-hybridized carbons (Fsp3) is 0.308. The van der Waals surface area contributed by atoms with Gasteiger partial charge in [0.2, 0.25) is 0 Å². The minimum atomic E-state index is 0.149. The minimum Gasteiger partial charge on any atom is -0.399 e.